The quantitative estimate of drug-likeness (QED) is 0.470. The molecule has 0 aliphatic carbocycles. The summed E-state index contributed by atoms with van der Waals surface area (Å²) in [4.78, 5) is 33.6. The predicted octanol–water partition coefficient (Wildman–Crippen LogP) is 1.77. The topological polar surface area (TPSA) is 110 Å². The average Bonchev–Trinajstić information content (AvgIpc) is 2.43. The molecule has 0 bridgehead atoms. The molecule has 0 spiro atoms. The molecule has 2 N–H and O–H groups in total. The molecule has 1 atom stereocenters. The van der Waals surface area contributed by atoms with Gasteiger partial charge in [-0.25, -0.2) is 0 Å². The van der Waals surface area contributed by atoms with Crippen LogP contribution in [0.3, 0.4) is 0 Å². The summed E-state index contributed by atoms with van der Waals surface area (Å²) in [5.41, 5.74) is -0.372. The van der Waals surface area contributed by atoms with Crippen LogP contribution in [0.25, 0.3) is 0 Å². The van der Waals surface area contributed by atoms with Crippen molar-refractivity contribution in [1.29, 1.82) is 0 Å². The monoisotopic (exact) mass is 298 g/mol. The van der Waals surface area contributed by atoms with Crippen molar-refractivity contribution in [2.75, 3.05) is 12.8 Å². The highest BCUT2D eigenvalue weighted by atomic mass is 32.2. The third kappa shape index (κ3) is 3.95. The molecule has 7 nitrogen and oxygen atoms in total. The van der Waals surface area contributed by atoms with Crippen LogP contribution in [-0.4, -0.2) is 34.7 Å². The molecule has 0 aromatic heterocycles. The lowest BCUT2D eigenvalue weighted by Gasteiger charge is -2.09. The highest BCUT2D eigenvalue weighted by Crippen LogP contribution is 2.24. The molecule has 1 aromatic rings. The second kappa shape index (κ2) is 6.90. The minimum atomic E-state index is -1.04. The highest BCUT2D eigenvalue weighted by Gasteiger charge is 2.21. The van der Waals surface area contributed by atoms with E-state index in [0.717, 1.165) is 0 Å². The number of nitrogens with zero attached hydrogens (tertiary/aromatic N) is 1. The second-order valence-electron chi connectivity index (χ2n) is 4.09. The summed E-state index contributed by atoms with van der Waals surface area (Å²) in [5, 5.41) is 22.0. The molecule has 0 saturated heterocycles. The molecule has 108 valence electrons. The number of carboxylic acid groups (broad SMARTS) is 1. The second-order valence-corrected chi connectivity index (χ2v) is 4.97. The van der Waals surface area contributed by atoms with Gasteiger partial charge in [0.2, 0.25) is 0 Å². The number of hydrogen-bond donors (Lipinski definition) is 2. The summed E-state index contributed by atoms with van der Waals surface area (Å²) in [6.07, 6.45) is 1.79. The first-order chi connectivity index (χ1) is 9.36. The molecule has 1 unspecified atom stereocenters. The van der Waals surface area contributed by atoms with E-state index in [1.54, 1.807) is 12.3 Å². The third-order valence-electron chi connectivity index (χ3n) is 2.64. The average molecular weight is 298 g/mol. The summed E-state index contributed by atoms with van der Waals surface area (Å²) < 4.78 is 0. The predicted molar refractivity (Wildman–Crippen MR) is 74.0 cm³/mol. The smallest absolute Gasteiger partial charge is 0.308 e. The molecule has 20 heavy (non-hydrogen) atoms. The van der Waals surface area contributed by atoms with E-state index in [2.05, 4.69) is 5.32 Å². The van der Waals surface area contributed by atoms with E-state index < -0.39 is 22.7 Å². The Hall–Kier alpha value is -2.09. The fourth-order valence-electron chi connectivity index (χ4n) is 1.41. The number of amides is 1. The molecule has 1 amide bonds. The zero-order chi connectivity index (χ0) is 15.3. The van der Waals surface area contributed by atoms with Crippen molar-refractivity contribution in [2.24, 2.45) is 5.92 Å². The number of nitro groups is 1. The zero-order valence-corrected chi connectivity index (χ0v) is 11.8. The molecule has 0 fully saturated rings. The Morgan fingerprint density at radius 3 is 2.65 bits per heavy atom. The molecular formula is C12H14N2O5S. The lowest BCUT2D eigenvalue weighted by molar-refractivity contribution is -0.385. The largest absolute Gasteiger partial charge is 0.481 e. The number of aliphatic carboxylic acids is 1. The van der Waals surface area contributed by atoms with Crippen LogP contribution in [0.4, 0.5) is 5.69 Å². The lowest BCUT2D eigenvalue weighted by atomic mass is 10.1. The molecule has 0 aliphatic rings. The first-order valence-corrected chi connectivity index (χ1v) is 6.92. The Morgan fingerprint density at radius 2 is 2.15 bits per heavy atom. The van der Waals surface area contributed by atoms with Crippen LogP contribution >= 0.6 is 11.8 Å². The van der Waals surface area contributed by atoms with Crippen LogP contribution < -0.4 is 5.32 Å². The lowest BCUT2D eigenvalue weighted by Crippen LogP contribution is -2.31. The number of hydrogen-bond acceptors (Lipinski definition) is 5. The molecule has 1 rings (SSSR count). The van der Waals surface area contributed by atoms with E-state index in [1.807, 2.05) is 0 Å². The van der Waals surface area contributed by atoms with Gasteiger partial charge in [0.05, 0.1) is 10.8 Å². The number of nitro benzene ring substituents is 1. The van der Waals surface area contributed by atoms with Gasteiger partial charge in [-0.3, -0.25) is 19.7 Å². The summed E-state index contributed by atoms with van der Waals surface area (Å²) >= 11 is 1.35. The van der Waals surface area contributed by atoms with Crippen molar-refractivity contribution in [3.63, 3.8) is 0 Å². The Labute approximate surface area is 119 Å². The fraction of sp³-hybridized carbons (Fsp3) is 0.333. The number of thioether (sulfide) groups is 1. The van der Waals surface area contributed by atoms with Gasteiger partial charge in [0.1, 0.15) is 5.56 Å². The summed E-state index contributed by atoms with van der Waals surface area (Å²) in [6, 6.07) is 4.24. The molecule has 0 radical (unpaired) electrons. The van der Waals surface area contributed by atoms with Crippen LogP contribution in [-0.2, 0) is 4.79 Å². The van der Waals surface area contributed by atoms with Crippen molar-refractivity contribution < 1.29 is 19.6 Å². The Balaban J connectivity index is 2.95. The Morgan fingerprint density at radius 1 is 1.50 bits per heavy atom. The number of carbonyl (C=O) groups is 2. The van der Waals surface area contributed by atoms with Crippen LogP contribution in [0.1, 0.15) is 17.3 Å². The summed E-state index contributed by atoms with van der Waals surface area (Å²) in [7, 11) is 0. The highest BCUT2D eigenvalue weighted by molar-refractivity contribution is 7.98. The maximum absolute atomic E-state index is 11.9. The van der Waals surface area contributed by atoms with Gasteiger partial charge in [-0.15, -0.1) is 11.8 Å². The van der Waals surface area contributed by atoms with E-state index in [9.17, 15) is 19.7 Å². The van der Waals surface area contributed by atoms with Gasteiger partial charge in [-0.1, -0.05) is 6.92 Å². The number of carboxylic acids is 1. The molecule has 8 heteroatoms. The van der Waals surface area contributed by atoms with E-state index in [0.29, 0.717) is 4.90 Å². The first-order valence-electron chi connectivity index (χ1n) is 5.70. The minimum Gasteiger partial charge on any atom is -0.481 e. The van der Waals surface area contributed by atoms with Crippen LogP contribution in [0.5, 0.6) is 0 Å². The standard InChI is InChI=1S/C12H14N2O5S/c1-7(12(16)17)6-13-11(15)9-5-8(20-2)3-4-10(9)14(18)19/h3-5,7H,6H2,1-2H3,(H,13,15)(H,16,17). The number of nitrogens with one attached hydrogen (secondary N) is 1. The van der Waals surface area contributed by atoms with Crippen molar-refractivity contribution in [1.82, 2.24) is 5.32 Å². The van der Waals surface area contributed by atoms with E-state index >= 15 is 0 Å². The maximum atomic E-state index is 11.9. The van der Waals surface area contributed by atoms with Crippen LogP contribution in [0.15, 0.2) is 23.1 Å². The van der Waals surface area contributed by atoms with Gasteiger partial charge in [0.25, 0.3) is 11.6 Å². The Kier molecular flexibility index (Phi) is 5.51. The SMILES string of the molecule is CSc1ccc([N+](=O)[O-])c(C(=O)NCC(C)C(=O)O)c1. The van der Waals surface area contributed by atoms with E-state index in [1.165, 1.54) is 30.8 Å². The Bertz CT molecular complexity index is 547. The van der Waals surface area contributed by atoms with Crippen LogP contribution in [0, 0.1) is 16.0 Å². The van der Waals surface area contributed by atoms with Crippen molar-refractivity contribution in [2.45, 2.75) is 11.8 Å². The third-order valence-corrected chi connectivity index (χ3v) is 3.36. The normalized spacial score (nSPS) is 11.7. The number of carbonyl (C=O) groups excluding carboxylic acids is 1. The molecule has 0 saturated carbocycles. The minimum absolute atomic E-state index is 0.0700. The fourth-order valence-corrected chi connectivity index (χ4v) is 1.85. The van der Waals surface area contributed by atoms with Gasteiger partial charge in [0, 0.05) is 17.5 Å². The number of benzene rings is 1. The molecule has 0 aliphatic heterocycles. The van der Waals surface area contributed by atoms with Crippen molar-refractivity contribution in [3.8, 4) is 0 Å². The summed E-state index contributed by atoms with van der Waals surface area (Å²) in [5.74, 6) is -2.46. The summed E-state index contributed by atoms with van der Waals surface area (Å²) in [6.45, 7) is 1.35. The van der Waals surface area contributed by atoms with Crippen molar-refractivity contribution in [3.05, 3.63) is 33.9 Å². The first kappa shape index (κ1) is 16.0. The van der Waals surface area contributed by atoms with E-state index in [4.69, 9.17) is 5.11 Å². The van der Waals surface area contributed by atoms with Gasteiger partial charge in [-0.05, 0) is 18.4 Å². The molecule has 1 aromatic carbocycles. The van der Waals surface area contributed by atoms with Gasteiger partial charge >= 0.3 is 5.97 Å². The molecule has 0 heterocycles. The number of rotatable bonds is 6. The van der Waals surface area contributed by atoms with E-state index in [-0.39, 0.29) is 17.8 Å². The van der Waals surface area contributed by atoms with Gasteiger partial charge < -0.3 is 10.4 Å². The van der Waals surface area contributed by atoms with Crippen LogP contribution in [0.2, 0.25) is 0 Å². The zero-order valence-electron chi connectivity index (χ0n) is 11.0. The van der Waals surface area contributed by atoms with Crippen molar-refractivity contribution >= 4 is 29.3 Å². The van der Waals surface area contributed by atoms with Gasteiger partial charge in [0.15, 0.2) is 0 Å². The maximum Gasteiger partial charge on any atom is 0.308 e. The molecular weight excluding hydrogens is 284 g/mol. The van der Waals surface area contributed by atoms with Gasteiger partial charge in [-0.2, -0.15) is 0 Å².